The van der Waals surface area contributed by atoms with Crippen molar-refractivity contribution in [2.75, 3.05) is 19.0 Å². The quantitative estimate of drug-likeness (QED) is 0.369. The van der Waals surface area contributed by atoms with Crippen molar-refractivity contribution in [2.24, 2.45) is 0 Å². The van der Waals surface area contributed by atoms with Gasteiger partial charge in [-0.1, -0.05) is 18.2 Å². The standard InChI is InChI=1S/C20H23N3O6/c1-13-4-9-16(17(10-13)23(27)28)22-19(25)18(24)21-12-20(2,26)11-14-5-7-15(29-3)8-6-14/h4-10,26H,11-12H2,1-3H3,(H,21,24)(H,22,25). The topological polar surface area (TPSA) is 131 Å². The summed E-state index contributed by atoms with van der Waals surface area (Å²) in [6.45, 7) is 3.03. The predicted octanol–water partition coefficient (Wildman–Crippen LogP) is 1.96. The summed E-state index contributed by atoms with van der Waals surface area (Å²) in [5, 5.41) is 26.2. The van der Waals surface area contributed by atoms with Gasteiger partial charge in [0.15, 0.2) is 0 Å². The van der Waals surface area contributed by atoms with Crippen LogP contribution in [0.2, 0.25) is 0 Å². The minimum atomic E-state index is -1.31. The fourth-order valence-corrected chi connectivity index (χ4v) is 2.67. The fourth-order valence-electron chi connectivity index (χ4n) is 2.67. The second kappa shape index (κ2) is 9.16. The Kier molecular flexibility index (Phi) is 6.89. The maximum atomic E-state index is 12.1. The maximum Gasteiger partial charge on any atom is 0.313 e. The van der Waals surface area contributed by atoms with Crippen LogP contribution in [0.15, 0.2) is 42.5 Å². The molecule has 0 aliphatic carbocycles. The number of amides is 2. The van der Waals surface area contributed by atoms with Crippen LogP contribution in [-0.4, -0.2) is 41.1 Å². The number of ether oxygens (including phenoxy) is 1. The molecule has 0 spiro atoms. The normalized spacial score (nSPS) is 12.6. The van der Waals surface area contributed by atoms with Crippen LogP contribution in [0.25, 0.3) is 0 Å². The molecule has 154 valence electrons. The molecule has 0 fully saturated rings. The maximum absolute atomic E-state index is 12.1. The number of hydrogen-bond acceptors (Lipinski definition) is 6. The Hall–Kier alpha value is -3.46. The molecule has 0 saturated heterocycles. The first kappa shape index (κ1) is 21.8. The highest BCUT2D eigenvalue weighted by atomic mass is 16.6. The van der Waals surface area contributed by atoms with Gasteiger partial charge in [0.25, 0.3) is 5.69 Å². The molecule has 0 aromatic heterocycles. The van der Waals surface area contributed by atoms with Crippen LogP contribution in [-0.2, 0) is 16.0 Å². The van der Waals surface area contributed by atoms with Crippen molar-refractivity contribution >= 4 is 23.2 Å². The van der Waals surface area contributed by atoms with Crippen LogP contribution in [0.5, 0.6) is 5.75 Å². The number of nitro benzene ring substituents is 1. The molecule has 2 rings (SSSR count). The first-order valence-electron chi connectivity index (χ1n) is 8.81. The number of carbonyl (C=O) groups excluding carboxylic acids is 2. The Morgan fingerprint density at radius 3 is 2.41 bits per heavy atom. The van der Waals surface area contributed by atoms with Crippen molar-refractivity contribution in [1.82, 2.24) is 5.32 Å². The number of rotatable bonds is 7. The lowest BCUT2D eigenvalue weighted by molar-refractivity contribution is -0.384. The Balaban J connectivity index is 1.95. The summed E-state index contributed by atoms with van der Waals surface area (Å²) >= 11 is 0. The minimum Gasteiger partial charge on any atom is -0.497 e. The van der Waals surface area contributed by atoms with Crippen molar-refractivity contribution in [3.63, 3.8) is 0 Å². The van der Waals surface area contributed by atoms with Gasteiger partial charge in [-0.3, -0.25) is 19.7 Å². The van der Waals surface area contributed by atoms with E-state index in [0.717, 1.165) is 5.56 Å². The van der Waals surface area contributed by atoms with Gasteiger partial charge in [-0.05, 0) is 43.2 Å². The van der Waals surface area contributed by atoms with Crippen molar-refractivity contribution in [1.29, 1.82) is 0 Å². The molecule has 1 unspecified atom stereocenters. The first-order valence-corrected chi connectivity index (χ1v) is 8.81. The Morgan fingerprint density at radius 2 is 1.83 bits per heavy atom. The van der Waals surface area contributed by atoms with Crippen molar-refractivity contribution < 1.29 is 24.4 Å². The van der Waals surface area contributed by atoms with Gasteiger partial charge in [-0.15, -0.1) is 0 Å². The number of hydrogen-bond donors (Lipinski definition) is 3. The van der Waals surface area contributed by atoms with Gasteiger partial charge < -0.3 is 20.5 Å². The summed E-state index contributed by atoms with van der Waals surface area (Å²) in [6.07, 6.45) is 0.238. The monoisotopic (exact) mass is 401 g/mol. The number of carbonyl (C=O) groups is 2. The second-order valence-corrected chi connectivity index (χ2v) is 6.94. The van der Waals surface area contributed by atoms with E-state index in [2.05, 4.69) is 10.6 Å². The molecule has 0 aliphatic rings. The zero-order valence-corrected chi connectivity index (χ0v) is 16.4. The SMILES string of the molecule is COc1ccc(CC(C)(O)CNC(=O)C(=O)Nc2ccc(C)cc2[N+](=O)[O-])cc1. The van der Waals surface area contributed by atoms with Gasteiger partial charge in [0, 0.05) is 19.0 Å². The average molecular weight is 401 g/mol. The molecule has 1 atom stereocenters. The molecule has 29 heavy (non-hydrogen) atoms. The first-order chi connectivity index (χ1) is 13.6. The predicted molar refractivity (Wildman–Crippen MR) is 107 cm³/mol. The van der Waals surface area contributed by atoms with Gasteiger partial charge >= 0.3 is 11.8 Å². The Labute approximate surface area is 167 Å². The van der Waals surface area contributed by atoms with Crippen molar-refractivity contribution in [2.45, 2.75) is 25.9 Å². The molecule has 2 aromatic rings. The highest BCUT2D eigenvalue weighted by molar-refractivity contribution is 6.39. The smallest absolute Gasteiger partial charge is 0.313 e. The van der Waals surface area contributed by atoms with Crippen LogP contribution >= 0.6 is 0 Å². The van der Waals surface area contributed by atoms with Gasteiger partial charge in [0.2, 0.25) is 0 Å². The summed E-state index contributed by atoms with van der Waals surface area (Å²) in [5.41, 5.74) is -0.220. The largest absolute Gasteiger partial charge is 0.497 e. The lowest BCUT2D eigenvalue weighted by atomic mass is 9.96. The van der Waals surface area contributed by atoms with Crippen molar-refractivity contribution in [3.8, 4) is 5.75 Å². The molecule has 2 amide bonds. The van der Waals surface area contributed by atoms with Gasteiger partial charge in [0.1, 0.15) is 11.4 Å². The van der Waals surface area contributed by atoms with Gasteiger partial charge in [-0.25, -0.2) is 0 Å². The van der Waals surface area contributed by atoms with E-state index in [4.69, 9.17) is 4.74 Å². The number of anilines is 1. The van der Waals surface area contributed by atoms with E-state index in [1.54, 1.807) is 44.4 Å². The number of benzene rings is 2. The summed E-state index contributed by atoms with van der Waals surface area (Å²) in [4.78, 5) is 34.6. The average Bonchev–Trinajstić information content (AvgIpc) is 2.67. The van der Waals surface area contributed by atoms with E-state index in [1.165, 1.54) is 19.1 Å². The van der Waals surface area contributed by atoms with E-state index >= 15 is 0 Å². The van der Waals surface area contributed by atoms with E-state index < -0.39 is 22.3 Å². The molecule has 0 bridgehead atoms. The molecule has 0 heterocycles. The summed E-state index contributed by atoms with van der Waals surface area (Å²) in [6, 6.07) is 11.3. The lowest BCUT2D eigenvalue weighted by Gasteiger charge is -2.23. The molecule has 0 radical (unpaired) electrons. The third-order valence-corrected chi connectivity index (χ3v) is 4.18. The number of nitro groups is 1. The molecule has 2 aromatic carbocycles. The molecule has 3 N–H and O–H groups in total. The molecule has 9 heteroatoms. The molecule has 9 nitrogen and oxygen atoms in total. The van der Waals surface area contributed by atoms with Gasteiger partial charge in [-0.2, -0.15) is 0 Å². The highest BCUT2D eigenvalue weighted by Gasteiger charge is 2.25. The van der Waals surface area contributed by atoms with E-state index in [9.17, 15) is 24.8 Å². The molecular weight excluding hydrogens is 378 g/mol. The number of methoxy groups -OCH3 is 1. The summed E-state index contributed by atoms with van der Waals surface area (Å²) < 4.78 is 5.08. The minimum absolute atomic E-state index is 0.0780. The Morgan fingerprint density at radius 1 is 1.17 bits per heavy atom. The van der Waals surface area contributed by atoms with E-state index in [-0.39, 0.29) is 24.3 Å². The molecule has 0 aliphatic heterocycles. The summed E-state index contributed by atoms with van der Waals surface area (Å²) in [7, 11) is 1.55. The lowest BCUT2D eigenvalue weighted by Crippen LogP contribution is -2.45. The van der Waals surface area contributed by atoms with Crippen LogP contribution in [0, 0.1) is 17.0 Å². The van der Waals surface area contributed by atoms with Crippen LogP contribution in [0.1, 0.15) is 18.1 Å². The van der Waals surface area contributed by atoms with Gasteiger partial charge in [0.05, 0.1) is 17.6 Å². The highest BCUT2D eigenvalue weighted by Crippen LogP contribution is 2.25. The third kappa shape index (κ3) is 6.28. The second-order valence-electron chi connectivity index (χ2n) is 6.94. The third-order valence-electron chi connectivity index (χ3n) is 4.18. The Bertz CT molecular complexity index is 909. The number of aliphatic hydroxyl groups is 1. The molecular formula is C20H23N3O6. The van der Waals surface area contributed by atoms with Crippen molar-refractivity contribution in [3.05, 3.63) is 63.7 Å². The zero-order valence-electron chi connectivity index (χ0n) is 16.4. The van der Waals surface area contributed by atoms with Crippen LogP contribution < -0.4 is 15.4 Å². The number of nitrogens with one attached hydrogen (secondary N) is 2. The van der Waals surface area contributed by atoms with Crippen LogP contribution in [0.4, 0.5) is 11.4 Å². The van der Waals surface area contributed by atoms with Crippen LogP contribution in [0.3, 0.4) is 0 Å². The molecule has 0 saturated carbocycles. The fraction of sp³-hybridized carbons (Fsp3) is 0.300. The van der Waals surface area contributed by atoms with E-state index in [1.807, 2.05) is 0 Å². The number of nitrogens with zero attached hydrogens (tertiary/aromatic N) is 1. The van der Waals surface area contributed by atoms with E-state index in [0.29, 0.717) is 11.3 Å². The summed E-state index contributed by atoms with van der Waals surface area (Å²) in [5.74, 6) is -1.38. The number of aryl methyl sites for hydroxylation is 1. The zero-order chi connectivity index (χ0) is 21.6.